The van der Waals surface area contributed by atoms with Gasteiger partial charge in [0.05, 0.1) is 18.0 Å². The first-order valence-electron chi connectivity index (χ1n) is 6.87. The minimum atomic E-state index is -4.94. The lowest BCUT2D eigenvalue weighted by Gasteiger charge is -2.23. The predicted octanol–water partition coefficient (Wildman–Crippen LogP) is 3.89. The fraction of sp³-hybridized carbons (Fsp3) is 0.467. The van der Waals surface area contributed by atoms with Gasteiger partial charge in [-0.2, -0.15) is 13.2 Å². The van der Waals surface area contributed by atoms with Gasteiger partial charge in [0.25, 0.3) is 0 Å². The summed E-state index contributed by atoms with van der Waals surface area (Å²) in [6.45, 7) is 4.70. The first-order chi connectivity index (χ1) is 10.8. The molecule has 1 rings (SSSR count). The Hall–Kier alpha value is -2.32. The van der Waals surface area contributed by atoms with E-state index in [0.29, 0.717) is 12.1 Å². The summed E-state index contributed by atoms with van der Waals surface area (Å²) in [4.78, 5) is 22.7. The minimum Gasteiger partial charge on any atom is -0.481 e. The van der Waals surface area contributed by atoms with Crippen molar-refractivity contribution in [3.05, 3.63) is 35.1 Å². The number of carboxylic acid groups (broad SMARTS) is 1. The molecule has 0 aliphatic carbocycles. The van der Waals surface area contributed by atoms with Crippen molar-refractivity contribution in [2.75, 3.05) is 0 Å². The van der Waals surface area contributed by atoms with Crippen molar-refractivity contribution in [2.24, 2.45) is 0 Å². The molecule has 1 amide bonds. The van der Waals surface area contributed by atoms with E-state index in [4.69, 9.17) is 9.84 Å². The van der Waals surface area contributed by atoms with Gasteiger partial charge in [-0.25, -0.2) is 9.18 Å². The SMILES string of the molecule is CC(C)(C)OC(=O)N[C@@H](CC(=O)O)c1ccc(F)c(C(F)(F)F)c1. The van der Waals surface area contributed by atoms with Crippen molar-refractivity contribution in [1.29, 1.82) is 0 Å². The van der Waals surface area contributed by atoms with Gasteiger partial charge in [-0.1, -0.05) is 6.07 Å². The van der Waals surface area contributed by atoms with Crippen molar-refractivity contribution < 1.29 is 37.0 Å². The maximum absolute atomic E-state index is 13.3. The molecule has 0 spiro atoms. The zero-order valence-corrected chi connectivity index (χ0v) is 13.2. The number of alkyl carbamates (subject to hydrolysis) is 1. The Balaban J connectivity index is 3.13. The van der Waals surface area contributed by atoms with E-state index in [1.807, 2.05) is 0 Å². The van der Waals surface area contributed by atoms with E-state index in [2.05, 4.69) is 5.32 Å². The standard InChI is InChI=1S/C15H17F4NO4/c1-14(2,3)24-13(23)20-11(7-12(21)22)8-4-5-10(16)9(6-8)15(17,18)19/h4-6,11H,7H2,1-3H3,(H,20,23)(H,21,22)/t11-/m0/s1. The lowest BCUT2D eigenvalue weighted by atomic mass is 10.0. The molecule has 2 N–H and O–H groups in total. The van der Waals surface area contributed by atoms with Crippen molar-refractivity contribution in [3.8, 4) is 0 Å². The van der Waals surface area contributed by atoms with Gasteiger partial charge in [0.2, 0.25) is 0 Å². The summed E-state index contributed by atoms with van der Waals surface area (Å²) in [6, 6.07) is 0.721. The Bertz CT molecular complexity index is 623. The van der Waals surface area contributed by atoms with Crippen molar-refractivity contribution >= 4 is 12.1 Å². The minimum absolute atomic E-state index is 0.197. The van der Waals surface area contributed by atoms with Gasteiger partial charge in [-0.3, -0.25) is 4.79 Å². The number of amides is 1. The predicted molar refractivity (Wildman–Crippen MR) is 75.8 cm³/mol. The van der Waals surface area contributed by atoms with Crippen molar-refractivity contribution in [2.45, 2.75) is 45.0 Å². The fourth-order valence-electron chi connectivity index (χ4n) is 1.85. The van der Waals surface area contributed by atoms with Crippen LogP contribution in [0.15, 0.2) is 18.2 Å². The van der Waals surface area contributed by atoms with Gasteiger partial charge in [0.1, 0.15) is 11.4 Å². The number of ether oxygens (including phenoxy) is 1. The summed E-state index contributed by atoms with van der Waals surface area (Å²) in [6.07, 6.45) is -6.63. The Kier molecular flexibility index (Phi) is 5.80. The van der Waals surface area contributed by atoms with Gasteiger partial charge in [0, 0.05) is 0 Å². The van der Waals surface area contributed by atoms with Crippen LogP contribution in [0.5, 0.6) is 0 Å². The van der Waals surface area contributed by atoms with Crippen molar-refractivity contribution in [3.63, 3.8) is 0 Å². The van der Waals surface area contributed by atoms with Crippen LogP contribution in [0.3, 0.4) is 0 Å². The van der Waals surface area contributed by atoms with Gasteiger partial charge < -0.3 is 15.2 Å². The fourth-order valence-corrected chi connectivity index (χ4v) is 1.85. The smallest absolute Gasteiger partial charge is 0.419 e. The Morgan fingerprint density at radius 1 is 1.25 bits per heavy atom. The Morgan fingerprint density at radius 3 is 2.29 bits per heavy atom. The molecule has 0 fully saturated rings. The molecule has 0 saturated heterocycles. The topological polar surface area (TPSA) is 75.6 Å². The molecule has 0 bridgehead atoms. The zero-order valence-electron chi connectivity index (χ0n) is 13.2. The second-order valence-electron chi connectivity index (χ2n) is 6.03. The number of hydrogen-bond acceptors (Lipinski definition) is 3. The highest BCUT2D eigenvalue weighted by Crippen LogP contribution is 2.33. The van der Waals surface area contributed by atoms with Gasteiger partial charge in [0.15, 0.2) is 0 Å². The molecule has 0 unspecified atom stereocenters. The van der Waals surface area contributed by atoms with Crippen LogP contribution in [0, 0.1) is 5.82 Å². The monoisotopic (exact) mass is 351 g/mol. The number of halogens is 4. The third-order valence-corrected chi connectivity index (χ3v) is 2.77. The quantitative estimate of drug-likeness (QED) is 0.807. The molecule has 134 valence electrons. The normalized spacial score (nSPS) is 13.3. The third kappa shape index (κ3) is 6.05. The van der Waals surface area contributed by atoms with Crippen LogP contribution >= 0.6 is 0 Å². The summed E-state index contributed by atoms with van der Waals surface area (Å²) >= 11 is 0. The number of hydrogen-bond donors (Lipinski definition) is 2. The van der Waals surface area contributed by atoms with E-state index in [0.717, 1.165) is 6.07 Å². The molecule has 0 saturated carbocycles. The highest BCUT2D eigenvalue weighted by atomic mass is 19.4. The largest absolute Gasteiger partial charge is 0.481 e. The molecule has 24 heavy (non-hydrogen) atoms. The van der Waals surface area contributed by atoms with E-state index in [-0.39, 0.29) is 5.56 Å². The number of benzene rings is 1. The number of carbonyl (C=O) groups excluding carboxylic acids is 1. The molecule has 0 aliphatic rings. The van der Waals surface area contributed by atoms with Gasteiger partial charge in [-0.15, -0.1) is 0 Å². The van der Waals surface area contributed by atoms with Crippen molar-refractivity contribution in [1.82, 2.24) is 5.32 Å². The van der Waals surface area contributed by atoms with E-state index >= 15 is 0 Å². The molecular weight excluding hydrogens is 334 g/mol. The van der Waals surface area contributed by atoms with Crippen LogP contribution in [0.25, 0.3) is 0 Å². The van der Waals surface area contributed by atoms with Gasteiger partial charge >= 0.3 is 18.2 Å². The second-order valence-corrected chi connectivity index (χ2v) is 6.03. The molecule has 0 aromatic heterocycles. The van der Waals surface area contributed by atoms with Crippen LogP contribution in [0.2, 0.25) is 0 Å². The first-order valence-corrected chi connectivity index (χ1v) is 6.87. The van der Waals surface area contributed by atoms with E-state index < -0.39 is 47.7 Å². The third-order valence-electron chi connectivity index (χ3n) is 2.77. The molecule has 1 aromatic rings. The average Bonchev–Trinajstić information content (AvgIpc) is 2.34. The van der Waals surface area contributed by atoms with E-state index in [1.165, 1.54) is 0 Å². The number of nitrogens with one attached hydrogen (secondary N) is 1. The summed E-state index contributed by atoms with van der Waals surface area (Å²) in [5, 5.41) is 11.1. The molecule has 0 radical (unpaired) electrons. The molecule has 1 atom stereocenters. The maximum Gasteiger partial charge on any atom is 0.419 e. The lowest BCUT2D eigenvalue weighted by Crippen LogP contribution is -2.36. The van der Waals surface area contributed by atoms with E-state index in [1.54, 1.807) is 20.8 Å². The number of carboxylic acids is 1. The maximum atomic E-state index is 13.3. The van der Waals surface area contributed by atoms with Crippen LogP contribution < -0.4 is 5.32 Å². The molecular formula is C15H17F4NO4. The summed E-state index contributed by atoms with van der Waals surface area (Å²) in [5.74, 6) is -2.84. The molecule has 9 heteroatoms. The number of aliphatic carboxylic acids is 1. The zero-order chi connectivity index (χ0) is 18.7. The molecule has 0 aliphatic heterocycles. The lowest BCUT2D eigenvalue weighted by molar-refractivity contribution is -0.140. The Labute approximate surface area is 135 Å². The number of carbonyl (C=O) groups is 2. The molecule has 5 nitrogen and oxygen atoms in total. The average molecular weight is 351 g/mol. The van der Waals surface area contributed by atoms with Gasteiger partial charge in [-0.05, 0) is 38.5 Å². The summed E-state index contributed by atoms with van der Waals surface area (Å²) < 4.78 is 56.6. The number of alkyl halides is 3. The summed E-state index contributed by atoms with van der Waals surface area (Å²) in [5.41, 5.74) is -2.61. The highest BCUT2D eigenvalue weighted by Gasteiger charge is 2.35. The van der Waals surface area contributed by atoms with Crippen LogP contribution in [0.4, 0.5) is 22.4 Å². The number of rotatable bonds is 4. The van der Waals surface area contributed by atoms with E-state index in [9.17, 15) is 27.2 Å². The first kappa shape index (κ1) is 19.7. The highest BCUT2D eigenvalue weighted by molar-refractivity contribution is 5.72. The van der Waals surface area contributed by atoms with Crippen LogP contribution in [-0.4, -0.2) is 22.8 Å². The second kappa shape index (κ2) is 7.06. The Morgan fingerprint density at radius 2 is 1.83 bits per heavy atom. The summed E-state index contributed by atoms with van der Waals surface area (Å²) in [7, 11) is 0. The molecule has 1 aromatic carbocycles. The molecule has 0 heterocycles. The van der Waals surface area contributed by atoms with Crippen LogP contribution in [-0.2, 0) is 15.7 Å². The van der Waals surface area contributed by atoms with Crippen LogP contribution in [0.1, 0.15) is 44.4 Å².